The molecule has 0 fully saturated rings. The van der Waals surface area contributed by atoms with Crippen molar-refractivity contribution in [3.8, 4) is 0 Å². The fourth-order valence-electron chi connectivity index (χ4n) is 0.0430. The van der Waals surface area contributed by atoms with Crippen molar-refractivity contribution in [3.63, 3.8) is 0 Å². The van der Waals surface area contributed by atoms with E-state index in [1.54, 1.807) is 10.8 Å². The highest BCUT2D eigenvalue weighted by molar-refractivity contribution is 8.70. The topological polar surface area (TPSA) is 0 Å². The summed E-state index contributed by atoms with van der Waals surface area (Å²) in [5, 5.41) is 0. The lowest BCUT2D eigenvalue weighted by Gasteiger charge is -1.97. The van der Waals surface area contributed by atoms with Gasteiger partial charge in [-0.05, 0) is 13.2 Å². The van der Waals surface area contributed by atoms with Gasteiger partial charge in [-0.15, -0.1) is 11.7 Å². The number of rotatable bonds is 2. The molecule has 0 aromatic rings. The second kappa shape index (κ2) is 4.22. The Bertz CT molecular complexity index is 25.2. The standard InChI is InChI=1S/C3H8S3/c1-3(5-2)6-4/h3-4H,1-2H3. The van der Waals surface area contributed by atoms with Crippen LogP contribution < -0.4 is 0 Å². The van der Waals surface area contributed by atoms with Crippen LogP contribution in [0.15, 0.2) is 0 Å². The summed E-state index contributed by atoms with van der Waals surface area (Å²) in [6.45, 7) is 2.13. The van der Waals surface area contributed by atoms with E-state index in [0.717, 1.165) is 0 Å². The molecule has 0 saturated carbocycles. The number of thiol groups is 1. The van der Waals surface area contributed by atoms with Gasteiger partial charge in [-0.3, -0.25) is 0 Å². The molecule has 0 spiro atoms. The summed E-state index contributed by atoms with van der Waals surface area (Å²) >= 11 is 5.80. The monoisotopic (exact) mass is 140 g/mol. The first kappa shape index (κ1) is 7.05. The van der Waals surface area contributed by atoms with Gasteiger partial charge in [0.2, 0.25) is 0 Å². The third kappa shape index (κ3) is 3.25. The highest BCUT2D eigenvalue weighted by Gasteiger charge is 1.90. The van der Waals surface area contributed by atoms with Crippen molar-refractivity contribution >= 4 is 34.2 Å². The van der Waals surface area contributed by atoms with Crippen LogP contribution in [0.5, 0.6) is 0 Å². The zero-order chi connectivity index (χ0) is 4.99. The molecule has 0 radical (unpaired) electrons. The van der Waals surface area contributed by atoms with E-state index in [1.165, 1.54) is 0 Å². The minimum atomic E-state index is 0.633. The molecule has 0 nitrogen and oxygen atoms in total. The van der Waals surface area contributed by atoms with Crippen LogP contribution in [0, 0.1) is 0 Å². The third-order valence-electron chi connectivity index (χ3n) is 0.480. The van der Waals surface area contributed by atoms with Crippen LogP contribution in [0.25, 0.3) is 0 Å². The quantitative estimate of drug-likeness (QED) is 0.355. The average molecular weight is 140 g/mol. The summed E-state index contributed by atoms with van der Waals surface area (Å²) in [5.74, 6) is 0. The SMILES string of the molecule is CSC(C)SS. The van der Waals surface area contributed by atoms with Gasteiger partial charge in [-0.2, -0.15) is 11.8 Å². The summed E-state index contributed by atoms with van der Waals surface area (Å²) in [6, 6.07) is 0. The van der Waals surface area contributed by atoms with Crippen molar-refractivity contribution < 1.29 is 0 Å². The Morgan fingerprint density at radius 3 is 2.17 bits per heavy atom. The van der Waals surface area contributed by atoms with E-state index in [0.29, 0.717) is 4.58 Å². The van der Waals surface area contributed by atoms with Gasteiger partial charge in [0, 0.05) is 0 Å². The predicted octanol–water partition coefficient (Wildman–Crippen LogP) is 2.27. The zero-order valence-corrected chi connectivity index (χ0v) is 6.37. The molecule has 38 valence electrons. The molecule has 0 bridgehead atoms. The van der Waals surface area contributed by atoms with E-state index in [9.17, 15) is 0 Å². The molecule has 3 heteroatoms. The zero-order valence-electron chi connectivity index (χ0n) is 3.84. The normalized spacial score (nSPS) is 14.5. The molecule has 0 aromatic heterocycles. The van der Waals surface area contributed by atoms with Crippen LogP contribution in [0.4, 0.5) is 0 Å². The maximum atomic E-state index is 3.99. The molecule has 0 saturated heterocycles. The van der Waals surface area contributed by atoms with Crippen LogP contribution in [-0.4, -0.2) is 10.8 Å². The molecule has 0 aromatic carbocycles. The molecule has 0 aliphatic rings. The van der Waals surface area contributed by atoms with Gasteiger partial charge >= 0.3 is 0 Å². The smallest absolute Gasteiger partial charge is 0.0572 e. The highest BCUT2D eigenvalue weighted by atomic mass is 33.1. The van der Waals surface area contributed by atoms with Gasteiger partial charge in [-0.1, -0.05) is 10.8 Å². The highest BCUT2D eigenvalue weighted by Crippen LogP contribution is 2.22. The van der Waals surface area contributed by atoms with Crippen LogP contribution in [0.1, 0.15) is 6.92 Å². The fraction of sp³-hybridized carbons (Fsp3) is 1.00. The molecule has 1 atom stereocenters. The van der Waals surface area contributed by atoms with E-state index in [4.69, 9.17) is 0 Å². The van der Waals surface area contributed by atoms with Gasteiger partial charge in [0.25, 0.3) is 0 Å². The number of thioether (sulfide) groups is 1. The first-order valence-corrected chi connectivity index (χ1v) is 4.86. The van der Waals surface area contributed by atoms with Gasteiger partial charge in [0.15, 0.2) is 0 Å². The van der Waals surface area contributed by atoms with E-state index >= 15 is 0 Å². The minimum Gasteiger partial charge on any atom is -0.150 e. The lowest BCUT2D eigenvalue weighted by Crippen LogP contribution is -1.78. The van der Waals surface area contributed by atoms with Crippen molar-refractivity contribution in [1.82, 2.24) is 0 Å². The minimum absolute atomic E-state index is 0.633. The summed E-state index contributed by atoms with van der Waals surface area (Å²) in [5.41, 5.74) is 0. The molecular formula is C3H8S3. The lowest BCUT2D eigenvalue weighted by molar-refractivity contribution is 1.44. The van der Waals surface area contributed by atoms with Crippen LogP contribution in [-0.2, 0) is 0 Å². The first-order valence-electron chi connectivity index (χ1n) is 1.64. The Morgan fingerprint density at radius 2 is 2.17 bits per heavy atom. The summed E-state index contributed by atoms with van der Waals surface area (Å²) in [4.78, 5) is 0. The molecule has 6 heavy (non-hydrogen) atoms. The Kier molecular flexibility index (Phi) is 4.95. The second-order valence-electron chi connectivity index (χ2n) is 0.909. The maximum Gasteiger partial charge on any atom is 0.0572 e. The van der Waals surface area contributed by atoms with Gasteiger partial charge < -0.3 is 0 Å². The second-order valence-corrected chi connectivity index (χ2v) is 3.94. The molecular weight excluding hydrogens is 132 g/mol. The van der Waals surface area contributed by atoms with E-state index in [2.05, 4.69) is 24.8 Å². The Hall–Kier alpha value is 1.05. The molecule has 0 N–H and O–H groups in total. The molecule has 1 unspecified atom stereocenters. The number of hydrogen-bond acceptors (Lipinski definition) is 3. The molecule has 0 aliphatic heterocycles. The van der Waals surface area contributed by atoms with Gasteiger partial charge in [0.1, 0.15) is 0 Å². The van der Waals surface area contributed by atoms with Crippen molar-refractivity contribution in [3.05, 3.63) is 0 Å². The van der Waals surface area contributed by atoms with Crippen molar-refractivity contribution in [2.24, 2.45) is 0 Å². The molecule has 0 aliphatic carbocycles. The van der Waals surface area contributed by atoms with Gasteiger partial charge in [-0.25, -0.2) is 0 Å². The first-order chi connectivity index (χ1) is 2.81. The Balaban J connectivity index is 2.75. The fourth-order valence-corrected chi connectivity index (χ4v) is 1.16. The van der Waals surface area contributed by atoms with E-state index in [-0.39, 0.29) is 0 Å². The summed E-state index contributed by atoms with van der Waals surface area (Å²) < 4.78 is 0.633. The maximum absolute atomic E-state index is 3.99. The van der Waals surface area contributed by atoms with Crippen LogP contribution in [0.3, 0.4) is 0 Å². The molecule has 0 amide bonds. The van der Waals surface area contributed by atoms with Gasteiger partial charge in [0.05, 0.1) is 4.58 Å². The number of hydrogen-bond donors (Lipinski definition) is 1. The Labute approximate surface area is 52.3 Å². The van der Waals surface area contributed by atoms with Crippen molar-refractivity contribution in [2.75, 3.05) is 6.26 Å². The largest absolute Gasteiger partial charge is 0.150 e. The Morgan fingerprint density at radius 1 is 1.67 bits per heavy atom. The van der Waals surface area contributed by atoms with Crippen molar-refractivity contribution in [1.29, 1.82) is 0 Å². The average Bonchev–Trinajstić information content (AvgIpc) is 1.65. The lowest BCUT2D eigenvalue weighted by atomic mass is 11.0. The summed E-state index contributed by atoms with van der Waals surface area (Å²) in [6.07, 6.45) is 2.08. The predicted molar refractivity (Wildman–Crippen MR) is 39.6 cm³/mol. The third-order valence-corrected chi connectivity index (χ3v) is 3.68. The van der Waals surface area contributed by atoms with Crippen LogP contribution >= 0.6 is 34.2 Å². The van der Waals surface area contributed by atoms with Crippen molar-refractivity contribution in [2.45, 2.75) is 11.5 Å². The summed E-state index contributed by atoms with van der Waals surface area (Å²) in [7, 11) is 1.58. The van der Waals surface area contributed by atoms with Crippen LogP contribution in [0.2, 0.25) is 0 Å². The van der Waals surface area contributed by atoms with E-state index < -0.39 is 0 Å². The molecule has 0 heterocycles. The van der Waals surface area contributed by atoms with E-state index in [1.807, 2.05) is 11.8 Å². The molecule has 0 rings (SSSR count).